The van der Waals surface area contributed by atoms with E-state index in [4.69, 9.17) is 13.9 Å². The third kappa shape index (κ3) is 5.40. The van der Waals surface area contributed by atoms with E-state index >= 15 is 0 Å². The highest BCUT2D eigenvalue weighted by molar-refractivity contribution is 5.95. The van der Waals surface area contributed by atoms with Gasteiger partial charge in [-0.1, -0.05) is 6.07 Å². The number of nitrogens with zero attached hydrogens (tertiary/aromatic N) is 1. The number of benzene rings is 1. The van der Waals surface area contributed by atoms with E-state index < -0.39 is 29.8 Å². The Labute approximate surface area is 207 Å². The van der Waals surface area contributed by atoms with Crippen LogP contribution in [0.5, 0.6) is 0 Å². The van der Waals surface area contributed by atoms with Crippen molar-refractivity contribution in [3.8, 4) is 0 Å². The largest absolute Gasteiger partial charge is 0.462 e. The number of amides is 2. The Bertz CT molecular complexity index is 1260. The van der Waals surface area contributed by atoms with Crippen molar-refractivity contribution in [1.82, 2.24) is 15.6 Å². The lowest BCUT2D eigenvalue weighted by Gasteiger charge is -2.28. The van der Waals surface area contributed by atoms with Gasteiger partial charge < -0.3 is 29.6 Å². The first kappa shape index (κ1) is 24.4. The number of rotatable bonds is 7. The van der Waals surface area contributed by atoms with Gasteiger partial charge in [-0.15, -0.1) is 0 Å². The average Bonchev–Trinajstić information content (AvgIpc) is 3.56. The molecular weight excluding hydrogens is 469 g/mol. The number of halogens is 1. The Morgan fingerprint density at radius 3 is 2.81 bits per heavy atom. The van der Waals surface area contributed by atoms with Crippen molar-refractivity contribution < 1.29 is 33.0 Å². The third-order valence-corrected chi connectivity index (χ3v) is 6.55. The SMILES string of the molecule is O=C(N[C@H]1CCOC[C@@H]1O)c1cc(Cc2ccc(C(=O)NC[C@@H]3CCCO3)c(F)c2)c2occc2n1. The van der Waals surface area contributed by atoms with Gasteiger partial charge >= 0.3 is 0 Å². The highest BCUT2D eigenvalue weighted by Crippen LogP contribution is 2.24. The number of fused-ring (bicyclic) bond motifs is 1. The van der Waals surface area contributed by atoms with E-state index in [1.165, 1.54) is 18.4 Å². The van der Waals surface area contributed by atoms with Crippen molar-refractivity contribution in [2.24, 2.45) is 0 Å². The Balaban J connectivity index is 1.31. The molecule has 2 aliphatic rings. The van der Waals surface area contributed by atoms with E-state index in [2.05, 4.69) is 15.6 Å². The molecule has 1 aromatic carbocycles. The van der Waals surface area contributed by atoms with Crippen molar-refractivity contribution in [3.05, 3.63) is 64.8 Å². The maximum Gasteiger partial charge on any atom is 0.270 e. The molecule has 0 bridgehead atoms. The molecule has 3 N–H and O–H groups in total. The minimum Gasteiger partial charge on any atom is -0.462 e. The first-order valence-corrected chi connectivity index (χ1v) is 12.1. The molecule has 0 spiro atoms. The number of carbonyl (C=O) groups is 2. The number of aliphatic hydroxyl groups excluding tert-OH is 1. The van der Waals surface area contributed by atoms with Crippen molar-refractivity contribution >= 4 is 22.9 Å². The molecule has 2 saturated heterocycles. The molecule has 190 valence electrons. The van der Waals surface area contributed by atoms with Gasteiger partial charge in [0.2, 0.25) is 0 Å². The number of carbonyl (C=O) groups excluding carboxylic acids is 2. The van der Waals surface area contributed by atoms with E-state index in [-0.39, 0.29) is 30.4 Å². The van der Waals surface area contributed by atoms with Crippen molar-refractivity contribution in [1.29, 1.82) is 0 Å². The summed E-state index contributed by atoms with van der Waals surface area (Å²) in [7, 11) is 0. The van der Waals surface area contributed by atoms with Gasteiger partial charge in [-0.05, 0) is 43.0 Å². The van der Waals surface area contributed by atoms with E-state index in [0.29, 0.717) is 48.4 Å². The van der Waals surface area contributed by atoms with Crippen LogP contribution in [-0.2, 0) is 15.9 Å². The van der Waals surface area contributed by atoms with Crippen LogP contribution in [0.3, 0.4) is 0 Å². The predicted octanol–water partition coefficient (Wildman–Crippen LogP) is 2.35. The van der Waals surface area contributed by atoms with Gasteiger partial charge in [-0.25, -0.2) is 9.37 Å². The minimum absolute atomic E-state index is 0.0280. The molecule has 0 unspecified atom stereocenters. The molecule has 2 amide bonds. The smallest absolute Gasteiger partial charge is 0.270 e. The fraction of sp³-hybridized carbons (Fsp3) is 0.423. The number of hydrogen-bond donors (Lipinski definition) is 3. The first-order chi connectivity index (χ1) is 17.5. The highest BCUT2D eigenvalue weighted by Gasteiger charge is 2.26. The van der Waals surface area contributed by atoms with E-state index in [9.17, 15) is 19.1 Å². The minimum atomic E-state index is -0.788. The summed E-state index contributed by atoms with van der Waals surface area (Å²) in [6.45, 7) is 1.65. The van der Waals surface area contributed by atoms with Crippen LogP contribution in [0.1, 0.15) is 51.2 Å². The van der Waals surface area contributed by atoms with Crippen LogP contribution in [0.15, 0.2) is 41.0 Å². The van der Waals surface area contributed by atoms with Crippen molar-refractivity contribution in [2.75, 3.05) is 26.4 Å². The zero-order chi connectivity index (χ0) is 25.1. The Morgan fingerprint density at radius 2 is 2.03 bits per heavy atom. The second-order valence-electron chi connectivity index (χ2n) is 9.15. The van der Waals surface area contributed by atoms with Gasteiger partial charge in [0.05, 0.1) is 36.7 Å². The fourth-order valence-electron chi connectivity index (χ4n) is 4.58. The summed E-state index contributed by atoms with van der Waals surface area (Å²) in [5, 5.41) is 15.6. The van der Waals surface area contributed by atoms with Gasteiger partial charge in [0.1, 0.15) is 17.0 Å². The van der Waals surface area contributed by atoms with Crippen LogP contribution < -0.4 is 10.6 Å². The van der Waals surface area contributed by atoms with E-state index in [1.807, 2.05) is 0 Å². The van der Waals surface area contributed by atoms with E-state index in [0.717, 1.165) is 12.8 Å². The lowest BCUT2D eigenvalue weighted by Crippen LogP contribution is -2.48. The normalized spacial score (nSPS) is 22.0. The molecule has 2 aromatic heterocycles. The summed E-state index contributed by atoms with van der Waals surface area (Å²) < 4.78 is 31.1. The molecule has 3 atom stereocenters. The van der Waals surface area contributed by atoms with Crippen LogP contribution in [0.25, 0.3) is 11.1 Å². The molecule has 4 heterocycles. The number of aromatic nitrogens is 1. The highest BCUT2D eigenvalue weighted by atomic mass is 19.1. The Hall–Kier alpha value is -3.34. The van der Waals surface area contributed by atoms with Crippen LogP contribution in [0, 0.1) is 5.82 Å². The summed E-state index contributed by atoms with van der Waals surface area (Å²) in [5.41, 5.74) is 2.39. The number of ether oxygens (including phenoxy) is 2. The number of hydrogen-bond acceptors (Lipinski definition) is 7. The molecule has 3 aromatic rings. The molecule has 0 radical (unpaired) electrons. The summed E-state index contributed by atoms with van der Waals surface area (Å²) in [4.78, 5) is 29.7. The zero-order valence-corrected chi connectivity index (χ0v) is 19.7. The third-order valence-electron chi connectivity index (χ3n) is 6.55. The topological polar surface area (TPSA) is 123 Å². The van der Waals surface area contributed by atoms with Crippen LogP contribution in [0.4, 0.5) is 4.39 Å². The lowest BCUT2D eigenvalue weighted by molar-refractivity contribution is -0.0261. The van der Waals surface area contributed by atoms with Gasteiger partial charge in [0, 0.05) is 37.8 Å². The molecule has 9 nitrogen and oxygen atoms in total. The lowest BCUT2D eigenvalue weighted by atomic mass is 10.0. The summed E-state index contributed by atoms with van der Waals surface area (Å²) in [5.74, 6) is -1.54. The molecule has 0 saturated carbocycles. The van der Waals surface area contributed by atoms with E-state index in [1.54, 1.807) is 18.2 Å². The standard InChI is InChI=1S/C26H28FN3O6/c27-19-11-15(3-4-18(19)25(32)28-13-17-2-1-7-35-17)10-16-12-22(29-21-6-9-36-24(16)21)26(33)30-20-5-8-34-14-23(20)31/h3-4,6,9,11-12,17,20,23,31H,1-2,5,7-8,10,13-14H2,(H,28,32)(H,30,33)/t17-,20-,23-/m0/s1. The van der Waals surface area contributed by atoms with Gasteiger partial charge in [-0.2, -0.15) is 0 Å². The first-order valence-electron chi connectivity index (χ1n) is 12.1. The molecule has 36 heavy (non-hydrogen) atoms. The molecular formula is C26H28FN3O6. The molecule has 0 aliphatic carbocycles. The van der Waals surface area contributed by atoms with Gasteiger partial charge in [0.25, 0.3) is 11.8 Å². The number of nitrogens with one attached hydrogen (secondary N) is 2. The molecule has 5 rings (SSSR count). The van der Waals surface area contributed by atoms with Crippen molar-refractivity contribution in [3.63, 3.8) is 0 Å². The average molecular weight is 498 g/mol. The summed E-state index contributed by atoms with van der Waals surface area (Å²) in [6, 6.07) is 7.28. The van der Waals surface area contributed by atoms with Crippen LogP contribution in [0.2, 0.25) is 0 Å². The maximum atomic E-state index is 14.8. The maximum absolute atomic E-state index is 14.8. The summed E-state index contributed by atoms with van der Waals surface area (Å²) in [6.07, 6.45) is 3.27. The fourth-order valence-corrected chi connectivity index (χ4v) is 4.58. The number of furan rings is 1. The zero-order valence-electron chi connectivity index (χ0n) is 19.7. The second-order valence-corrected chi connectivity index (χ2v) is 9.15. The quantitative estimate of drug-likeness (QED) is 0.458. The molecule has 2 fully saturated rings. The Kier molecular flexibility index (Phi) is 7.26. The van der Waals surface area contributed by atoms with Gasteiger partial charge in [-0.3, -0.25) is 9.59 Å². The van der Waals surface area contributed by atoms with Crippen molar-refractivity contribution in [2.45, 2.75) is 43.9 Å². The number of aliphatic hydroxyl groups is 1. The van der Waals surface area contributed by atoms with Crippen LogP contribution in [-0.4, -0.2) is 66.5 Å². The second kappa shape index (κ2) is 10.7. The number of pyridine rings is 1. The monoisotopic (exact) mass is 497 g/mol. The predicted molar refractivity (Wildman–Crippen MR) is 127 cm³/mol. The summed E-state index contributed by atoms with van der Waals surface area (Å²) >= 11 is 0. The molecule has 10 heteroatoms. The Morgan fingerprint density at radius 1 is 1.14 bits per heavy atom. The van der Waals surface area contributed by atoms with Gasteiger partial charge in [0.15, 0.2) is 5.58 Å². The van der Waals surface area contributed by atoms with Crippen LogP contribution >= 0.6 is 0 Å². The molecule has 2 aliphatic heterocycles.